The van der Waals surface area contributed by atoms with Crippen molar-refractivity contribution in [1.29, 1.82) is 0 Å². The second-order valence-corrected chi connectivity index (χ2v) is 4.23. The van der Waals surface area contributed by atoms with Crippen molar-refractivity contribution in [3.63, 3.8) is 0 Å². The van der Waals surface area contributed by atoms with Gasteiger partial charge in [-0.25, -0.2) is 0 Å². The van der Waals surface area contributed by atoms with Crippen molar-refractivity contribution in [3.8, 4) is 0 Å². The second-order valence-electron chi connectivity index (χ2n) is 4.23. The van der Waals surface area contributed by atoms with Crippen LogP contribution in [-0.2, 0) is 4.79 Å². The van der Waals surface area contributed by atoms with Crippen LogP contribution in [0.4, 0.5) is 0 Å². The first-order valence-electron chi connectivity index (χ1n) is 4.87. The van der Waals surface area contributed by atoms with Gasteiger partial charge < -0.3 is 10.4 Å². The number of carboxylic acids is 1. The third-order valence-corrected chi connectivity index (χ3v) is 2.21. The van der Waals surface area contributed by atoms with E-state index >= 15 is 0 Å². The van der Waals surface area contributed by atoms with Crippen molar-refractivity contribution in [2.45, 2.75) is 58.5 Å². The summed E-state index contributed by atoms with van der Waals surface area (Å²) in [7, 11) is 0. The molecule has 1 unspecified atom stereocenters. The number of aliphatic carboxylic acids is 1. The quantitative estimate of drug-likeness (QED) is 0.668. The molecule has 0 fully saturated rings. The van der Waals surface area contributed by atoms with Gasteiger partial charge in [0.2, 0.25) is 0 Å². The predicted octanol–water partition coefficient (Wildman–Crippen LogP) is 2.02. The zero-order chi connectivity index (χ0) is 10.5. The minimum absolute atomic E-state index is 0.0756. The maximum atomic E-state index is 10.4. The minimum atomic E-state index is -0.723. The molecule has 1 atom stereocenters. The fourth-order valence-corrected chi connectivity index (χ4v) is 1.26. The van der Waals surface area contributed by atoms with E-state index in [0.29, 0.717) is 12.5 Å². The molecule has 0 aromatic rings. The van der Waals surface area contributed by atoms with Gasteiger partial charge >= 0.3 is 5.97 Å². The van der Waals surface area contributed by atoms with Crippen LogP contribution < -0.4 is 5.32 Å². The van der Waals surface area contributed by atoms with Crippen LogP contribution in [0.25, 0.3) is 0 Å². The van der Waals surface area contributed by atoms with E-state index in [1.807, 2.05) is 13.8 Å². The van der Waals surface area contributed by atoms with Crippen LogP contribution in [0.1, 0.15) is 47.0 Å². The fourth-order valence-electron chi connectivity index (χ4n) is 1.26. The Balaban J connectivity index is 3.85. The Bertz CT molecular complexity index is 166. The Kier molecular flexibility index (Phi) is 4.99. The molecule has 0 heterocycles. The summed E-state index contributed by atoms with van der Waals surface area (Å²) in [5.74, 6) is -0.723. The van der Waals surface area contributed by atoms with Gasteiger partial charge in [0.1, 0.15) is 0 Å². The van der Waals surface area contributed by atoms with Gasteiger partial charge in [0.15, 0.2) is 0 Å². The maximum absolute atomic E-state index is 10.4. The zero-order valence-electron chi connectivity index (χ0n) is 9.05. The molecule has 3 heteroatoms. The molecule has 0 radical (unpaired) electrons. The Morgan fingerprint density at radius 3 is 2.46 bits per heavy atom. The Hall–Kier alpha value is -0.570. The van der Waals surface area contributed by atoms with E-state index in [1.165, 1.54) is 0 Å². The summed E-state index contributed by atoms with van der Waals surface area (Å²) < 4.78 is 0. The lowest BCUT2D eigenvalue weighted by molar-refractivity contribution is -0.137. The van der Waals surface area contributed by atoms with Crippen molar-refractivity contribution in [2.24, 2.45) is 0 Å². The molecule has 0 aliphatic rings. The second kappa shape index (κ2) is 5.22. The number of carbonyl (C=O) groups is 1. The van der Waals surface area contributed by atoms with Crippen molar-refractivity contribution in [1.82, 2.24) is 5.32 Å². The standard InChI is InChI=1S/C10H21NO2/c1-5-8(2)11-10(3,4)7-6-9(12)13/h8,11H,5-7H2,1-4H3,(H,12,13). The molecular formula is C10H21NO2. The van der Waals surface area contributed by atoms with E-state index in [-0.39, 0.29) is 12.0 Å². The van der Waals surface area contributed by atoms with Crippen LogP contribution in [0.15, 0.2) is 0 Å². The van der Waals surface area contributed by atoms with Crippen LogP contribution >= 0.6 is 0 Å². The summed E-state index contributed by atoms with van der Waals surface area (Å²) in [6, 6.07) is 0.448. The van der Waals surface area contributed by atoms with E-state index < -0.39 is 5.97 Å². The largest absolute Gasteiger partial charge is 0.481 e. The number of rotatable bonds is 6. The highest BCUT2D eigenvalue weighted by atomic mass is 16.4. The molecule has 0 amide bonds. The normalized spacial score (nSPS) is 14.2. The number of hydrogen-bond acceptors (Lipinski definition) is 2. The summed E-state index contributed by atoms with van der Waals surface area (Å²) in [5, 5.41) is 11.9. The molecule has 13 heavy (non-hydrogen) atoms. The molecule has 3 nitrogen and oxygen atoms in total. The summed E-state index contributed by atoms with van der Waals surface area (Å²) in [6.45, 7) is 8.32. The highest BCUT2D eigenvalue weighted by Gasteiger charge is 2.19. The van der Waals surface area contributed by atoms with Crippen molar-refractivity contribution in [2.75, 3.05) is 0 Å². The van der Waals surface area contributed by atoms with Gasteiger partial charge in [0.05, 0.1) is 0 Å². The molecule has 0 aliphatic heterocycles. The van der Waals surface area contributed by atoms with Gasteiger partial charge in [-0.1, -0.05) is 6.92 Å². The molecule has 0 saturated heterocycles. The lowest BCUT2D eigenvalue weighted by Crippen LogP contribution is -2.44. The van der Waals surface area contributed by atoms with Gasteiger partial charge in [0.25, 0.3) is 0 Å². The predicted molar refractivity (Wildman–Crippen MR) is 53.8 cm³/mol. The molecule has 0 aromatic carbocycles. The first-order valence-corrected chi connectivity index (χ1v) is 4.87. The molecule has 2 N–H and O–H groups in total. The molecule has 0 saturated carbocycles. The highest BCUT2D eigenvalue weighted by Crippen LogP contribution is 2.12. The van der Waals surface area contributed by atoms with E-state index in [1.54, 1.807) is 0 Å². The van der Waals surface area contributed by atoms with Gasteiger partial charge in [0, 0.05) is 18.0 Å². The summed E-state index contributed by atoms with van der Waals surface area (Å²) in [4.78, 5) is 10.4. The van der Waals surface area contributed by atoms with Crippen molar-refractivity contribution >= 4 is 5.97 Å². The van der Waals surface area contributed by atoms with Crippen LogP contribution in [-0.4, -0.2) is 22.7 Å². The van der Waals surface area contributed by atoms with Crippen molar-refractivity contribution < 1.29 is 9.90 Å². The minimum Gasteiger partial charge on any atom is -0.481 e. The topological polar surface area (TPSA) is 49.3 Å². The lowest BCUT2D eigenvalue weighted by atomic mass is 9.97. The summed E-state index contributed by atoms with van der Waals surface area (Å²) in [5.41, 5.74) is -0.0756. The molecule has 0 rings (SSSR count). The smallest absolute Gasteiger partial charge is 0.303 e. The average molecular weight is 187 g/mol. The Morgan fingerprint density at radius 2 is 2.08 bits per heavy atom. The van der Waals surface area contributed by atoms with Crippen LogP contribution in [0, 0.1) is 0 Å². The molecule has 78 valence electrons. The summed E-state index contributed by atoms with van der Waals surface area (Å²) >= 11 is 0. The molecule has 0 aliphatic carbocycles. The highest BCUT2D eigenvalue weighted by molar-refractivity contribution is 5.66. The Morgan fingerprint density at radius 1 is 1.54 bits per heavy atom. The number of nitrogens with one attached hydrogen (secondary N) is 1. The van der Waals surface area contributed by atoms with E-state index in [0.717, 1.165) is 6.42 Å². The monoisotopic (exact) mass is 187 g/mol. The average Bonchev–Trinajstić information content (AvgIpc) is 2.00. The van der Waals surface area contributed by atoms with Gasteiger partial charge in [-0.05, 0) is 33.6 Å². The summed E-state index contributed by atoms with van der Waals surface area (Å²) in [6.07, 6.45) is 1.97. The number of hydrogen-bond donors (Lipinski definition) is 2. The van der Waals surface area contributed by atoms with Crippen molar-refractivity contribution in [3.05, 3.63) is 0 Å². The van der Waals surface area contributed by atoms with Gasteiger partial charge in [-0.15, -0.1) is 0 Å². The zero-order valence-corrected chi connectivity index (χ0v) is 9.05. The molecule has 0 aromatic heterocycles. The van der Waals surface area contributed by atoms with Crippen LogP contribution in [0.2, 0.25) is 0 Å². The first-order chi connectivity index (χ1) is 5.87. The lowest BCUT2D eigenvalue weighted by Gasteiger charge is -2.29. The van der Waals surface area contributed by atoms with E-state index in [9.17, 15) is 4.79 Å². The third-order valence-electron chi connectivity index (χ3n) is 2.21. The van der Waals surface area contributed by atoms with E-state index in [4.69, 9.17) is 5.11 Å². The Labute approximate surface area is 80.5 Å². The van der Waals surface area contributed by atoms with E-state index in [2.05, 4.69) is 19.2 Å². The SMILES string of the molecule is CCC(C)NC(C)(C)CCC(=O)O. The van der Waals surface area contributed by atoms with Crippen LogP contribution in [0.3, 0.4) is 0 Å². The molecule has 0 bridgehead atoms. The van der Waals surface area contributed by atoms with Crippen LogP contribution in [0.5, 0.6) is 0 Å². The molecule has 0 spiro atoms. The number of carboxylic acid groups (broad SMARTS) is 1. The maximum Gasteiger partial charge on any atom is 0.303 e. The fraction of sp³-hybridized carbons (Fsp3) is 0.900. The molecular weight excluding hydrogens is 166 g/mol. The van der Waals surface area contributed by atoms with Gasteiger partial charge in [-0.2, -0.15) is 0 Å². The third kappa shape index (κ3) is 6.58. The first kappa shape index (κ1) is 12.4. The van der Waals surface area contributed by atoms with Gasteiger partial charge in [-0.3, -0.25) is 4.79 Å².